The molecule has 112 valence electrons. The molecule has 2 aromatic rings. The maximum atomic E-state index is 6.19. The average molecular weight is 371 g/mol. The van der Waals surface area contributed by atoms with Crippen LogP contribution in [0.5, 0.6) is 11.5 Å². The zero-order valence-electron chi connectivity index (χ0n) is 12.0. The maximum Gasteiger partial charge on any atom is 0.163 e. The number of hydrogen-bond donors (Lipinski definition) is 1. The first-order valence-electron chi connectivity index (χ1n) is 6.62. The normalized spacial score (nSPS) is 10.3. The van der Waals surface area contributed by atoms with Crippen molar-refractivity contribution < 1.29 is 9.47 Å². The highest BCUT2D eigenvalue weighted by Gasteiger charge is 2.06. The Bertz CT molecular complexity index is 619. The molecule has 0 aromatic heterocycles. The van der Waals surface area contributed by atoms with E-state index in [2.05, 4.69) is 21.2 Å². The van der Waals surface area contributed by atoms with Crippen molar-refractivity contribution in [2.45, 2.75) is 13.5 Å². The summed E-state index contributed by atoms with van der Waals surface area (Å²) in [4.78, 5) is 0. The quantitative estimate of drug-likeness (QED) is 0.765. The van der Waals surface area contributed by atoms with Crippen LogP contribution in [0, 0.1) is 0 Å². The maximum absolute atomic E-state index is 6.19. The summed E-state index contributed by atoms with van der Waals surface area (Å²) in [6.45, 7) is 3.17. The summed E-state index contributed by atoms with van der Waals surface area (Å²) >= 11 is 9.64. The third-order valence-electron chi connectivity index (χ3n) is 2.95. The van der Waals surface area contributed by atoms with E-state index in [-0.39, 0.29) is 0 Å². The number of hydrogen-bond acceptors (Lipinski definition) is 3. The lowest BCUT2D eigenvalue weighted by atomic mass is 10.2. The van der Waals surface area contributed by atoms with Crippen LogP contribution in [0.4, 0.5) is 5.69 Å². The Labute approximate surface area is 138 Å². The van der Waals surface area contributed by atoms with Crippen LogP contribution in [0.2, 0.25) is 5.02 Å². The molecule has 2 rings (SSSR count). The minimum atomic E-state index is 0.595. The van der Waals surface area contributed by atoms with E-state index in [1.807, 2.05) is 43.3 Å². The minimum absolute atomic E-state index is 0.595. The highest BCUT2D eigenvalue weighted by Crippen LogP contribution is 2.30. The van der Waals surface area contributed by atoms with Crippen molar-refractivity contribution in [3.63, 3.8) is 0 Å². The highest BCUT2D eigenvalue weighted by atomic mass is 79.9. The summed E-state index contributed by atoms with van der Waals surface area (Å²) in [7, 11) is 1.63. The summed E-state index contributed by atoms with van der Waals surface area (Å²) in [6.07, 6.45) is 0. The second-order valence-corrected chi connectivity index (χ2v) is 5.71. The molecule has 0 aliphatic carbocycles. The molecule has 0 radical (unpaired) electrons. The number of halogens is 2. The van der Waals surface area contributed by atoms with E-state index < -0.39 is 0 Å². The lowest BCUT2D eigenvalue weighted by Crippen LogP contribution is -2.02. The van der Waals surface area contributed by atoms with Crippen LogP contribution in [0.25, 0.3) is 0 Å². The van der Waals surface area contributed by atoms with Gasteiger partial charge in [-0.15, -0.1) is 0 Å². The zero-order chi connectivity index (χ0) is 15.2. The standard InChI is InChI=1S/C16H17BrClNO2/c1-3-21-16-9-13(5-7-15(16)20-2)19-10-11-8-12(17)4-6-14(11)18/h4-9,19H,3,10H2,1-2H3. The van der Waals surface area contributed by atoms with Crippen LogP contribution < -0.4 is 14.8 Å². The Kier molecular flexibility index (Phi) is 5.76. The molecule has 0 heterocycles. The summed E-state index contributed by atoms with van der Waals surface area (Å²) in [5, 5.41) is 4.08. The van der Waals surface area contributed by atoms with Gasteiger partial charge in [-0.3, -0.25) is 0 Å². The van der Waals surface area contributed by atoms with Crippen LogP contribution in [0.1, 0.15) is 12.5 Å². The summed E-state index contributed by atoms with van der Waals surface area (Å²) in [6, 6.07) is 11.6. The Morgan fingerprint density at radius 2 is 1.95 bits per heavy atom. The summed E-state index contributed by atoms with van der Waals surface area (Å²) in [5.74, 6) is 1.45. The number of nitrogens with one attached hydrogen (secondary N) is 1. The summed E-state index contributed by atoms with van der Waals surface area (Å²) < 4.78 is 11.8. The monoisotopic (exact) mass is 369 g/mol. The van der Waals surface area contributed by atoms with Crippen molar-refractivity contribution in [1.29, 1.82) is 0 Å². The van der Waals surface area contributed by atoms with Crippen molar-refractivity contribution in [1.82, 2.24) is 0 Å². The molecule has 5 heteroatoms. The molecule has 0 aliphatic heterocycles. The smallest absolute Gasteiger partial charge is 0.163 e. The molecule has 2 aromatic carbocycles. The molecule has 0 spiro atoms. The fourth-order valence-electron chi connectivity index (χ4n) is 1.93. The number of rotatable bonds is 6. The van der Waals surface area contributed by atoms with Crippen LogP contribution in [0.3, 0.4) is 0 Å². The van der Waals surface area contributed by atoms with Gasteiger partial charge in [-0.05, 0) is 42.8 Å². The molecule has 0 unspecified atom stereocenters. The largest absolute Gasteiger partial charge is 0.493 e. The topological polar surface area (TPSA) is 30.5 Å². The van der Waals surface area contributed by atoms with Gasteiger partial charge in [0.1, 0.15) is 0 Å². The van der Waals surface area contributed by atoms with Gasteiger partial charge in [0.2, 0.25) is 0 Å². The second kappa shape index (κ2) is 7.57. The fourth-order valence-corrected chi connectivity index (χ4v) is 2.52. The molecule has 1 N–H and O–H groups in total. The van der Waals surface area contributed by atoms with E-state index in [0.717, 1.165) is 32.2 Å². The van der Waals surface area contributed by atoms with Gasteiger partial charge >= 0.3 is 0 Å². The fraction of sp³-hybridized carbons (Fsp3) is 0.250. The van der Waals surface area contributed by atoms with Gasteiger partial charge in [-0.1, -0.05) is 27.5 Å². The molecule has 0 amide bonds. The third kappa shape index (κ3) is 4.29. The lowest BCUT2D eigenvalue weighted by molar-refractivity contribution is 0.311. The van der Waals surface area contributed by atoms with E-state index in [0.29, 0.717) is 13.2 Å². The highest BCUT2D eigenvalue weighted by molar-refractivity contribution is 9.10. The van der Waals surface area contributed by atoms with Gasteiger partial charge in [0.05, 0.1) is 13.7 Å². The molecule has 0 saturated heterocycles. The molecule has 0 atom stereocenters. The molecule has 0 fully saturated rings. The van der Waals surface area contributed by atoms with Crippen LogP contribution in [0.15, 0.2) is 40.9 Å². The van der Waals surface area contributed by atoms with Crippen LogP contribution in [-0.4, -0.2) is 13.7 Å². The molecule has 3 nitrogen and oxygen atoms in total. The van der Waals surface area contributed by atoms with E-state index in [1.54, 1.807) is 7.11 Å². The number of methoxy groups -OCH3 is 1. The minimum Gasteiger partial charge on any atom is -0.493 e. The Balaban J connectivity index is 2.12. The zero-order valence-corrected chi connectivity index (χ0v) is 14.3. The molecular weight excluding hydrogens is 354 g/mol. The van der Waals surface area contributed by atoms with E-state index >= 15 is 0 Å². The molecule has 0 aliphatic rings. The predicted octanol–water partition coefficient (Wildman–Crippen LogP) is 5.12. The SMILES string of the molecule is CCOc1cc(NCc2cc(Br)ccc2Cl)ccc1OC. The van der Waals surface area contributed by atoms with Gasteiger partial charge in [0, 0.05) is 27.8 Å². The van der Waals surface area contributed by atoms with Crippen molar-refractivity contribution in [3.8, 4) is 11.5 Å². The average Bonchev–Trinajstić information content (AvgIpc) is 2.49. The van der Waals surface area contributed by atoms with Crippen molar-refractivity contribution >= 4 is 33.2 Å². The van der Waals surface area contributed by atoms with Gasteiger partial charge < -0.3 is 14.8 Å². The van der Waals surface area contributed by atoms with Gasteiger partial charge in [-0.2, -0.15) is 0 Å². The van der Waals surface area contributed by atoms with Crippen molar-refractivity contribution in [3.05, 3.63) is 51.5 Å². The van der Waals surface area contributed by atoms with Gasteiger partial charge in [0.25, 0.3) is 0 Å². The Hall–Kier alpha value is -1.39. The second-order valence-electron chi connectivity index (χ2n) is 4.39. The number of ether oxygens (including phenoxy) is 2. The van der Waals surface area contributed by atoms with Gasteiger partial charge in [0.15, 0.2) is 11.5 Å². The van der Waals surface area contributed by atoms with E-state index in [4.69, 9.17) is 21.1 Å². The van der Waals surface area contributed by atoms with E-state index in [9.17, 15) is 0 Å². The molecule has 0 saturated carbocycles. The first kappa shape index (κ1) is 16.0. The Morgan fingerprint density at radius 1 is 1.14 bits per heavy atom. The Morgan fingerprint density at radius 3 is 2.67 bits per heavy atom. The van der Waals surface area contributed by atoms with Crippen molar-refractivity contribution in [2.75, 3.05) is 19.0 Å². The summed E-state index contributed by atoms with van der Waals surface area (Å²) in [5.41, 5.74) is 1.98. The first-order chi connectivity index (χ1) is 10.1. The predicted molar refractivity (Wildman–Crippen MR) is 90.6 cm³/mol. The molecular formula is C16H17BrClNO2. The lowest BCUT2D eigenvalue weighted by Gasteiger charge is -2.13. The van der Waals surface area contributed by atoms with Crippen molar-refractivity contribution in [2.24, 2.45) is 0 Å². The first-order valence-corrected chi connectivity index (χ1v) is 7.79. The van der Waals surface area contributed by atoms with Crippen LogP contribution in [-0.2, 0) is 6.54 Å². The number of benzene rings is 2. The van der Waals surface area contributed by atoms with E-state index in [1.165, 1.54) is 0 Å². The molecule has 0 bridgehead atoms. The number of anilines is 1. The third-order valence-corrected chi connectivity index (χ3v) is 3.82. The molecule has 21 heavy (non-hydrogen) atoms. The van der Waals surface area contributed by atoms with Gasteiger partial charge in [-0.25, -0.2) is 0 Å². The van der Waals surface area contributed by atoms with Crippen LogP contribution >= 0.6 is 27.5 Å².